The van der Waals surface area contributed by atoms with Crippen LogP contribution in [0.2, 0.25) is 0 Å². The maximum absolute atomic E-state index is 12.0. The third-order valence-corrected chi connectivity index (χ3v) is 3.48. The van der Waals surface area contributed by atoms with E-state index in [-0.39, 0.29) is 11.9 Å². The molecule has 1 aliphatic rings. The molecule has 0 fully saturated rings. The Morgan fingerprint density at radius 3 is 3.10 bits per heavy atom. The minimum absolute atomic E-state index is 0.00983. The van der Waals surface area contributed by atoms with Crippen molar-refractivity contribution in [3.8, 4) is 11.4 Å². The van der Waals surface area contributed by atoms with Gasteiger partial charge in [-0.25, -0.2) is 9.97 Å². The number of hydrogen-bond acceptors (Lipinski definition) is 4. The molecular formula is C14H17N5O. The fourth-order valence-electron chi connectivity index (χ4n) is 2.65. The fraction of sp³-hybridized carbons (Fsp3) is 0.357. The van der Waals surface area contributed by atoms with Crippen LogP contribution >= 0.6 is 0 Å². The molecular weight excluding hydrogens is 254 g/mol. The number of fused-ring (bicyclic) bond motifs is 1. The zero-order valence-corrected chi connectivity index (χ0v) is 11.4. The van der Waals surface area contributed by atoms with Crippen LogP contribution in [0.25, 0.3) is 11.4 Å². The second kappa shape index (κ2) is 4.96. The van der Waals surface area contributed by atoms with Gasteiger partial charge in [0.25, 0.3) is 5.91 Å². The van der Waals surface area contributed by atoms with E-state index in [1.54, 1.807) is 6.20 Å². The molecule has 0 radical (unpaired) electrons. The van der Waals surface area contributed by atoms with Crippen LogP contribution in [-0.4, -0.2) is 27.0 Å². The number of nitrogen functional groups attached to an aromatic ring is 1. The minimum atomic E-state index is -0.00983. The number of aromatic nitrogens is 3. The zero-order chi connectivity index (χ0) is 14.1. The Kier molecular flexibility index (Phi) is 3.14. The van der Waals surface area contributed by atoms with Crippen molar-refractivity contribution in [2.24, 2.45) is 0 Å². The average molecular weight is 271 g/mol. The highest BCUT2D eigenvalue weighted by atomic mass is 16.1. The van der Waals surface area contributed by atoms with Gasteiger partial charge in [0, 0.05) is 31.4 Å². The van der Waals surface area contributed by atoms with Crippen molar-refractivity contribution in [1.29, 1.82) is 0 Å². The van der Waals surface area contributed by atoms with E-state index in [0.29, 0.717) is 6.54 Å². The molecule has 20 heavy (non-hydrogen) atoms. The van der Waals surface area contributed by atoms with E-state index in [1.165, 1.54) is 0 Å². The van der Waals surface area contributed by atoms with Gasteiger partial charge < -0.3 is 15.6 Å². The molecule has 2 aromatic heterocycles. The second-order valence-corrected chi connectivity index (χ2v) is 4.85. The van der Waals surface area contributed by atoms with Crippen molar-refractivity contribution in [1.82, 2.24) is 19.9 Å². The number of nitrogens with zero attached hydrogens (tertiary/aromatic N) is 3. The highest BCUT2D eigenvalue weighted by Gasteiger charge is 2.24. The van der Waals surface area contributed by atoms with Gasteiger partial charge in [0.05, 0.1) is 17.0 Å². The average Bonchev–Trinajstić information content (AvgIpc) is 2.80. The fourth-order valence-corrected chi connectivity index (χ4v) is 2.65. The van der Waals surface area contributed by atoms with Crippen molar-refractivity contribution in [3.05, 3.63) is 29.6 Å². The molecule has 104 valence electrons. The van der Waals surface area contributed by atoms with Gasteiger partial charge in [-0.3, -0.25) is 4.79 Å². The summed E-state index contributed by atoms with van der Waals surface area (Å²) in [5.74, 6) is 0.235. The number of nitrogens with two attached hydrogens (primary N) is 1. The van der Waals surface area contributed by atoms with E-state index in [9.17, 15) is 4.79 Å². The number of carbonyl (C=O) groups is 1. The van der Waals surface area contributed by atoms with E-state index < -0.39 is 0 Å². The number of hydrogen-bond donors (Lipinski definition) is 2. The molecule has 0 spiro atoms. The summed E-state index contributed by atoms with van der Waals surface area (Å²) in [5, 5.41) is 2.87. The summed E-state index contributed by atoms with van der Waals surface area (Å²) in [5.41, 5.74) is 9.18. The Morgan fingerprint density at radius 1 is 1.50 bits per heavy atom. The van der Waals surface area contributed by atoms with Crippen LogP contribution < -0.4 is 11.1 Å². The summed E-state index contributed by atoms with van der Waals surface area (Å²) in [7, 11) is 0. The Hall–Kier alpha value is -2.37. The molecule has 6 nitrogen and oxygen atoms in total. The first-order valence-electron chi connectivity index (χ1n) is 6.80. The van der Waals surface area contributed by atoms with Crippen LogP contribution in [0.3, 0.4) is 0 Å². The lowest BCUT2D eigenvalue weighted by molar-refractivity contribution is 0.0945. The van der Waals surface area contributed by atoms with Gasteiger partial charge in [0.2, 0.25) is 5.95 Å². The molecule has 0 aliphatic carbocycles. The molecule has 0 saturated heterocycles. The van der Waals surface area contributed by atoms with Gasteiger partial charge in [0.15, 0.2) is 0 Å². The van der Waals surface area contributed by atoms with Crippen molar-refractivity contribution in [2.45, 2.75) is 26.3 Å². The van der Waals surface area contributed by atoms with Crippen LogP contribution in [0.15, 0.2) is 18.3 Å². The summed E-state index contributed by atoms with van der Waals surface area (Å²) in [6.45, 7) is 3.67. The third-order valence-electron chi connectivity index (χ3n) is 3.48. The quantitative estimate of drug-likeness (QED) is 0.879. The maximum atomic E-state index is 12.0. The van der Waals surface area contributed by atoms with Crippen LogP contribution in [-0.2, 0) is 13.0 Å². The molecule has 0 bridgehead atoms. The summed E-state index contributed by atoms with van der Waals surface area (Å²) in [6.07, 6.45) is 3.48. The van der Waals surface area contributed by atoms with E-state index in [4.69, 9.17) is 5.73 Å². The third kappa shape index (κ3) is 2.03. The smallest absolute Gasteiger partial charge is 0.253 e. The molecule has 3 rings (SSSR count). The molecule has 1 aliphatic heterocycles. The van der Waals surface area contributed by atoms with Gasteiger partial charge in [0.1, 0.15) is 0 Å². The Bertz CT molecular complexity index is 662. The maximum Gasteiger partial charge on any atom is 0.253 e. The van der Waals surface area contributed by atoms with Gasteiger partial charge in [-0.2, -0.15) is 0 Å². The molecule has 0 unspecified atom stereocenters. The van der Waals surface area contributed by atoms with Gasteiger partial charge >= 0.3 is 0 Å². The number of carbonyl (C=O) groups excluding carboxylic acids is 1. The highest BCUT2D eigenvalue weighted by molar-refractivity contribution is 5.97. The number of nitrogens with one attached hydrogen (secondary N) is 1. The molecule has 0 atom stereocenters. The summed E-state index contributed by atoms with van der Waals surface area (Å²) in [6, 6.07) is 3.72. The second-order valence-electron chi connectivity index (χ2n) is 4.85. The predicted octanol–water partition coefficient (Wildman–Crippen LogP) is 1.22. The first-order valence-corrected chi connectivity index (χ1v) is 6.80. The lowest BCUT2D eigenvalue weighted by atomic mass is 10.1. The molecule has 3 heterocycles. The minimum Gasteiger partial charge on any atom is -0.368 e. The number of anilines is 1. The first kappa shape index (κ1) is 12.7. The lowest BCUT2D eigenvalue weighted by Crippen LogP contribution is -2.32. The summed E-state index contributed by atoms with van der Waals surface area (Å²) in [4.78, 5) is 20.2. The van der Waals surface area contributed by atoms with Crippen molar-refractivity contribution in [3.63, 3.8) is 0 Å². The Balaban J connectivity index is 2.17. The first-order chi connectivity index (χ1) is 9.70. The predicted molar refractivity (Wildman–Crippen MR) is 76.2 cm³/mol. The van der Waals surface area contributed by atoms with E-state index >= 15 is 0 Å². The van der Waals surface area contributed by atoms with Crippen LogP contribution in [0.4, 0.5) is 5.95 Å². The highest BCUT2D eigenvalue weighted by Crippen LogP contribution is 2.27. The number of amides is 1. The number of rotatable bonds is 3. The molecule has 6 heteroatoms. The topological polar surface area (TPSA) is 85.8 Å². The van der Waals surface area contributed by atoms with E-state index in [0.717, 1.165) is 42.0 Å². The molecule has 0 saturated carbocycles. The van der Waals surface area contributed by atoms with Crippen molar-refractivity contribution >= 4 is 11.9 Å². The molecule has 1 amide bonds. The normalized spacial score (nSPS) is 13.9. The van der Waals surface area contributed by atoms with Gasteiger partial charge in [-0.05, 0) is 18.6 Å². The Labute approximate surface area is 117 Å². The van der Waals surface area contributed by atoms with E-state index in [2.05, 4.69) is 26.8 Å². The van der Waals surface area contributed by atoms with Gasteiger partial charge in [-0.1, -0.05) is 6.92 Å². The molecule has 0 aromatic carbocycles. The molecule has 2 aromatic rings. The van der Waals surface area contributed by atoms with Gasteiger partial charge in [-0.15, -0.1) is 0 Å². The monoisotopic (exact) mass is 271 g/mol. The van der Waals surface area contributed by atoms with Crippen molar-refractivity contribution in [2.75, 3.05) is 12.3 Å². The van der Waals surface area contributed by atoms with Crippen molar-refractivity contribution < 1.29 is 4.79 Å². The van der Waals surface area contributed by atoms with Crippen LogP contribution in [0.1, 0.15) is 29.4 Å². The van der Waals surface area contributed by atoms with E-state index in [1.807, 2.05) is 12.1 Å². The largest absolute Gasteiger partial charge is 0.368 e. The molecule has 3 N–H and O–H groups in total. The summed E-state index contributed by atoms with van der Waals surface area (Å²) >= 11 is 0. The standard InChI is InChI=1S/C14H17N5O/c1-2-7-19-11-4-6-16-13(20)9(11)8-12(19)10-3-5-17-14(15)18-10/h3,5,8H,2,4,6-7H2,1H3,(H,16,20)(H2,15,17,18). The van der Waals surface area contributed by atoms with Crippen LogP contribution in [0.5, 0.6) is 0 Å². The summed E-state index contributed by atoms with van der Waals surface area (Å²) < 4.78 is 2.18. The lowest BCUT2D eigenvalue weighted by Gasteiger charge is -2.17. The van der Waals surface area contributed by atoms with Crippen LogP contribution in [0, 0.1) is 0 Å². The Morgan fingerprint density at radius 2 is 2.35 bits per heavy atom. The SMILES string of the molecule is CCCn1c(-c2ccnc(N)n2)cc2c1CCNC2=O. The zero-order valence-electron chi connectivity index (χ0n) is 11.4.